The second-order valence-electron chi connectivity index (χ2n) is 6.13. The molecule has 0 unspecified atom stereocenters. The Bertz CT molecular complexity index is 869. The van der Waals surface area contributed by atoms with E-state index in [0.717, 1.165) is 22.4 Å². The Balaban J connectivity index is 1.53. The summed E-state index contributed by atoms with van der Waals surface area (Å²) in [5.74, 6) is 1.47. The van der Waals surface area contributed by atoms with Crippen molar-refractivity contribution in [3.8, 4) is 11.5 Å². The maximum atomic E-state index is 12.2. The molecule has 0 spiro atoms. The lowest BCUT2D eigenvalue weighted by Crippen LogP contribution is -2.28. The average molecular weight is 349 g/mol. The number of rotatable bonds is 7. The van der Waals surface area contributed by atoms with Crippen LogP contribution in [0.5, 0.6) is 11.5 Å². The van der Waals surface area contributed by atoms with Crippen LogP contribution in [-0.2, 0) is 4.79 Å². The maximum Gasteiger partial charge on any atom is 0.223 e. The molecular formula is C22H23NO3. The normalized spacial score (nSPS) is 11.8. The first-order valence-corrected chi connectivity index (χ1v) is 8.71. The van der Waals surface area contributed by atoms with Gasteiger partial charge in [-0.3, -0.25) is 4.79 Å². The van der Waals surface area contributed by atoms with Gasteiger partial charge in [-0.05, 0) is 47.5 Å². The molecule has 0 aliphatic rings. The van der Waals surface area contributed by atoms with Gasteiger partial charge in [0.25, 0.3) is 0 Å². The lowest BCUT2D eigenvalue weighted by atomic mass is 9.99. The van der Waals surface area contributed by atoms with Gasteiger partial charge in [-0.2, -0.15) is 0 Å². The van der Waals surface area contributed by atoms with Crippen LogP contribution in [0.2, 0.25) is 0 Å². The van der Waals surface area contributed by atoms with E-state index in [-0.39, 0.29) is 11.9 Å². The number of carbonyl (C=O) groups excluding carboxylic acids is 1. The van der Waals surface area contributed by atoms with Gasteiger partial charge in [0.1, 0.15) is 11.5 Å². The molecule has 0 fully saturated rings. The van der Waals surface area contributed by atoms with E-state index in [9.17, 15) is 4.79 Å². The number of benzene rings is 3. The number of nitrogens with one attached hydrogen (secondary N) is 1. The van der Waals surface area contributed by atoms with Gasteiger partial charge in [-0.25, -0.2) is 0 Å². The number of ether oxygens (including phenoxy) is 2. The summed E-state index contributed by atoms with van der Waals surface area (Å²) in [5.41, 5.74) is 1.12. The molecule has 3 aromatic rings. The summed E-state index contributed by atoms with van der Waals surface area (Å²) in [6.07, 6.45) is 0.307. The second kappa shape index (κ2) is 8.39. The van der Waals surface area contributed by atoms with Crippen molar-refractivity contribution in [2.24, 2.45) is 0 Å². The van der Waals surface area contributed by atoms with E-state index in [1.54, 1.807) is 7.11 Å². The van der Waals surface area contributed by atoms with Crippen molar-refractivity contribution >= 4 is 16.7 Å². The first-order chi connectivity index (χ1) is 12.7. The Morgan fingerprint density at radius 3 is 2.42 bits per heavy atom. The summed E-state index contributed by atoms with van der Waals surface area (Å²) >= 11 is 0. The standard InChI is InChI=1S/C22H23NO3/c1-16(20-9-5-7-17-6-3-4-8-21(17)20)23-22(24)14-15-26-19-12-10-18(25-2)11-13-19/h3-13,16H,14-15H2,1-2H3,(H,23,24)/t16-/m0/s1. The number of hydrogen-bond donors (Lipinski definition) is 1. The monoisotopic (exact) mass is 349 g/mol. The van der Waals surface area contributed by atoms with Gasteiger partial charge in [0.15, 0.2) is 0 Å². The molecule has 26 heavy (non-hydrogen) atoms. The van der Waals surface area contributed by atoms with Crippen LogP contribution in [-0.4, -0.2) is 19.6 Å². The van der Waals surface area contributed by atoms with Crippen LogP contribution in [0.15, 0.2) is 66.7 Å². The molecule has 1 atom stereocenters. The predicted molar refractivity (Wildman–Crippen MR) is 104 cm³/mol. The van der Waals surface area contributed by atoms with Gasteiger partial charge in [0.05, 0.1) is 26.2 Å². The quantitative estimate of drug-likeness (QED) is 0.683. The molecular weight excluding hydrogens is 326 g/mol. The number of methoxy groups -OCH3 is 1. The zero-order chi connectivity index (χ0) is 18.4. The molecule has 0 radical (unpaired) electrons. The van der Waals surface area contributed by atoms with E-state index in [0.29, 0.717) is 13.0 Å². The summed E-state index contributed by atoms with van der Waals surface area (Å²) in [7, 11) is 1.62. The molecule has 4 heteroatoms. The molecule has 0 bridgehead atoms. The first-order valence-electron chi connectivity index (χ1n) is 8.71. The van der Waals surface area contributed by atoms with E-state index in [2.05, 4.69) is 29.6 Å². The van der Waals surface area contributed by atoms with Crippen LogP contribution >= 0.6 is 0 Å². The van der Waals surface area contributed by atoms with E-state index >= 15 is 0 Å². The smallest absolute Gasteiger partial charge is 0.223 e. The molecule has 0 aliphatic heterocycles. The van der Waals surface area contributed by atoms with Gasteiger partial charge in [0.2, 0.25) is 5.91 Å². The second-order valence-corrected chi connectivity index (χ2v) is 6.13. The van der Waals surface area contributed by atoms with Crippen LogP contribution < -0.4 is 14.8 Å². The fraction of sp³-hybridized carbons (Fsp3) is 0.227. The van der Waals surface area contributed by atoms with Crippen molar-refractivity contribution in [1.82, 2.24) is 5.32 Å². The first kappa shape index (κ1) is 17.8. The Morgan fingerprint density at radius 2 is 1.65 bits per heavy atom. The van der Waals surface area contributed by atoms with Gasteiger partial charge in [0, 0.05) is 0 Å². The topological polar surface area (TPSA) is 47.6 Å². The molecule has 0 aliphatic carbocycles. The Morgan fingerprint density at radius 1 is 0.962 bits per heavy atom. The highest BCUT2D eigenvalue weighted by Crippen LogP contribution is 2.24. The number of hydrogen-bond acceptors (Lipinski definition) is 3. The zero-order valence-corrected chi connectivity index (χ0v) is 15.1. The van der Waals surface area contributed by atoms with E-state index < -0.39 is 0 Å². The van der Waals surface area contributed by atoms with E-state index in [1.165, 1.54) is 5.39 Å². The summed E-state index contributed by atoms with van der Waals surface area (Å²) in [5, 5.41) is 5.39. The molecule has 3 aromatic carbocycles. The number of fused-ring (bicyclic) bond motifs is 1. The van der Waals surface area contributed by atoms with Crippen LogP contribution in [0, 0.1) is 0 Å². The molecule has 1 N–H and O–H groups in total. The average Bonchev–Trinajstić information content (AvgIpc) is 2.68. The summed E-state index contributed by atoms with van der Waals surface area (Å²) in [6, 6.07) is 21.6. The van der Waals surface area contributed by atoms with Gasteiger partial charge < -0.3 is 14.8 Å². The van der Waals surface area contributed by atoms with Crippen LogP contribution in [0.25, 0.3) is 10.8 Å². The summed E-state index contributed by atoms with van der Waals surface area (Å²) < 4.78 is 10.7. The lowest BCUT2D eigenvalue weighted by molar-refractivity contribution is -0.122. The molecule has 3 rings (SSSR count). The van der Waals surface area contributed by atoms with Crippen molar-refractivity contribution < 1.29 is 14.3 Å². The van der Waals surface area contributed by atoms with Gasteiger partial charge in [-0.15, -0.1) is 0 Å². The fourth-order valence-electron chi connectivity index (χ4n) is 2.95. The third-order valence-corrected chi connectivity index (χ3v) is 4.32. The Hall–Kier alpha value is -3.01. The molecule has 0 saturated carbocycles. The van der Waals surface area contributed by atoms with Crippen molar-refractivity contribution in [3.63, 3.8) is 0 Å². The van der Waals surface area contributed by atoms with Crippen molar-refractivity contribution in [1.29, 1.82) is 0 Å². The summed E-state index contributed by atoms with van der Waals surface area (Å²) in [4.78, 5) is 12.2. The highest BCUT2D eigenvalue weighted by molar-refractivity contribution is 5.86. The molecule has 4 nitrogen and oxygen atoms in total. The molecule has 0 saturated heterocycles. The summed E-state index contributed by atoms with van der Waals surface area (Å²) in [6.45, 7) is 2.34. The van der Waals surface area contributed by atoms with Gasteiger partial charge >= 0.3 is 0 Å². The Labute approximate surface area is 153 Å². The van der Waals surface area contributed by atoms with E-state index in [4.69, 9.17) is 9.47 Å². The highest BCUT2D eigenvalue weighted by atomic mass is 16.5. The fourth-order valence-corrected chi connectivity index (χ4v) is 2.95. The molecule has 0 heterocycles. The van der Waals surface area contributed by atoms with Crippen molar-refractivity contribution in [2.45, 2.75) is 19.4 Å². The Kier molecular flexibility index (Phi) is 5.74. The van der Waals surface area contributed by atoms with Gasteiger partial charge in [-0.1, -0.05) is 42.5 Å². The zero-order valence-electron chi connectivity index (χ0n) is 15.1. The minimum Gasteiger partial charge on any atom is -0.497 e. The third kappa shape index (κ3) is 4.33. The van der Waals surface area contributed by atoms with Crippen LogP contribution in [0.1, 0.15) is 24.9 Å². The highest BCUT2D eigenvalue weighted by Gasteiger charge is 2.12. The van der Waals surface area contributed by atoms with E-state index in [1.807, 2.05) is 49.4 Å². The number of amides is 1. The SMILES string of the molecule is COc1ccc(OCCC(=O)N[C@@H](C)c2cccc3ccccc23)cc1. The van der Waals surface area contributed by atoms with Crippen molar-refractivity contribution in [3.05, 3.63) is 72.3 Å². The minimum atomic E-state index is -0.0606. The maximum absolute atomic E-state index is 12.2. The largest absolute Gasteiger partial charge is 0.497 e. The molecule has 134 valence electrons. The number of carbonyl (C=O) groups is 1. The molecule has 0 aromatic heterocycles. The third-order valence-electron chi connectivity index (χ3n) is 4.32. The minimum absolute atomic E-state index is 0.0288. The predicted octanol–water partition coefficient (Wildman–Crippen LogP) is 4.49. The van der Waals surface area contributed by atoms with Crippen molar-refractivity contribution in [2.75, 3.05) is 13.7 Å². The molecule has 1 amide bonds. The van der Waals surface area contributed by atoms with Crippen LogP contribution in [0.4, 0.5) is 0 Å². The lowest BCUT2D eigenvalue weighted by Gasteiger charge is -2.17. The van der Waals surface area contributed by atoms with Crippen LogP contribution in [0.3, 0.4) is 0 Å².